The SMILES string of the molecule is Ic1ccc(/C=N/n2c(SCc3ccccc3)nnc2-c2cccnc2)o1. The summed E-state index contributed by atoms with van der Waals surface area (Å²) < 4.78 is 8.09. The molecule has 0 aliphatic heterocycles. The van der Waals surface area contributed by atoms with Crippen LogP contribution in [0.2, 0.25) is 0 Å². The van der Waals surface area contributed by atoms with Gasteiger partial charge in [-0.25, -0.2) is 0 Å². The molecule has 0 spiro atoms. The van der Waals surface area contributed by atoms with Crippen LogP contribution in [0.1, 0.15) is 11.3 Å². The van der Waals surface area contributed by atoms with Gasteiger partial charge in [0.25, 0.3) is 0 Å². The van der Waals surface area contributed by atoms with E-state index in [4.69, 9.17) is 4.42 Å². The molecule has 0 radical (unpaired) electrons. The van der Waals surface area contributed by atoms with Gasteiger partial charge in [0, 0.05) is 23.7 Å². The zero-order valence-corrected chi connectivity index (χ0v) is 17.0. The number of nitrogens with zero attached hydrogens (tertiary/aromatic N) is 5. The van der Waals surface area contributed by atoms with Crippen LogP contribution < -0.4 is 0 Å². The molecule has 0 saturated carbocycles. The molecule has 4 rings (SSSR count). The number of aromatic nitrogens is 4. The highest BCUT2D eigenvalue weighted by molar-refractivity contribution is 14.1. The normalized spacial score (nSPS) is 11.3. The summed E-state index contributed by atoms with van der Waals surface area (Å²) in [4.78, 5) is 4.17. The highest BCUT2D eigenvalue weighted by Gasteiger charge is 2.14. The molecule has 27 heavy (non-hydrogen) atoms. The lowest BCUT2D eigenvalue weighted by Gasteiger charge is -2.04. The molecule has 0 aliphatic rings. The second kappa shape index (κ2) is 8.49. The summed E-state index contributed by atoms with van der Waals surface area (Å²) in [6.45, 7) is 0. The first kappa shape index (κ1) is 17.9. The highest BCUT2D eigenvalue weighted by Crippen LogP contribution is 2.26. The fourth-order valence-corrected chi connectivity index (χ4v) is 3.65. The van der Waals surface area contributed by atoms with Crippen LogP contribution in [0.4, 0.5) is 0 Å². The molecule has 0 amide bonds. The van der Waals surface area contributed by atoms with E-state index in [1.54, 1.807) is 35.0 Å². The zero-order valence-electron chi connectivity index (χ0n) is 14.1. The van der Waals surface area contributed by atoms with Crippen LogP contribution in [0.3, 0.4) is 0 Å². The molecule has 1 aromatic carbocycles. The number of thioether (sulfide) groups is 1. The van der Waals surface area contributed by atoms with Crippen molar-refractivity contribution < 1.29 is 4.42 Å². The quantitative estimate of drug-likeness (QED) is 0.224. The van der Waals surface area contributed by atoms with Crippen molar-refractivity contribution in [2.75, 3.05) is 0 Å². The molecule has 0 unspecified atom stereocenters. The maximum Gasteiger partial charge on any atom is 0.212 e. The van der Waals surface area contributed by atoms with Gasteiger partial charge >= 0.3 is 0 Å². The first-order valence-electron chi connectivity index (χ1n) is 8.12. The van der Waals surface area contributed by atoms with Gasteiger partial charge in [-0.1, -0.05) is 42.1 Å². The Bertz CT molecular complexity index is 1050. The molecule has 6 nitrogen and oxygen atoms in total. The van der Waals surface area contributed by atoms with E-state index < -0.39 is 0 Å². The Balaban J connectivity index is 1.66. The fourth-order valence-electron chi connectivity index (χ4n) is 2.37. The Morgan fingerprint density at radius 1 is 1.07 bits per heavy atom. The average Bonchev–Trinajstić information content (AvgIpc) is 3.32. The molecule has 8 heteroatoms. The van der Waals surface area contributed by atoms with E-state index in [9.17, 15) is 0 Å². The van der Waals surface area contributed by atoms with Crippen molar-refractivity contribution in [3.63, 3.8) is 0 Å². The molecular formula is C19H14IN5OS. The van der Waals surface area contributed by atoms with Crippen LogP contribution in [0.25, 0.3) is 11.4 Å². The number of rotatable bonds is 6. The van der Waals surface area contributed by atoms with Gasteiger partial charge in [-0.05, 0) is 52.4 Å². The smallest absolute Gasteiger partial charge is 0.212 e. The third kappa shape index (κ3) is 4.45. The Labute approximate surface area is 173 Å². The predicted molar refractivity (Wildman–Crippen MR) is 114 cm³/mol. The number of furan rings is 1. The van der Waals surface area contributed by atoms with Crippen LogP contribution in [0, 0.1) is 3.77 Å². The third-order valence-corrected chi connectivity index (χ3v) is 5.21. The third-order valence-electron chi connectivity index (χ3n) is 3.64. The Hall–Kier alpha value is -2.46. The van der Waals surface area contributed by atoms with Crippen molar-refractivity contribution in [1.29, 1.82) is 0 Å². The van der Waals surface area contributed by atoms with Crippen molar-refractivity contribution in [2.24, 2.45) is 5.10 Å². The Kier molecular flexibility index (Phi) is 5.64. The lowest BCUT2D eigenvalue weighted by molar-refractivity contribution is 0.530. The van der Waals surface area contributed by atoms with Gasteiger partial charge in [0.2, 0.25) is 5.16 Å². The second-order valence-corrected chi connectivity index (χ2v) is 7.53. The standard InChI is InChI=1S/C19H14IN5OS/c20-17-9-8-16(26-17)12-22-25-18(15-7-4-10-21-11-15)23-24-19(25)27-13-14-5-2-1-3-6-14/h1-12H,13H2/b22-12+. The van der Waals surface area contributed by atoms with Crippen molar-refractivity contribution in [1.82, 2.24) is 19.9 Å². The van der Waals surface area contributed by atoms with Crippen LogP contribution in [0.5, 0.6) is 0 Å². The molecule has 0 saturated heterocycles. The van der Waals surface area contributed by atoms with E-state index in [1.165, 1.54) is 5.56 Å². The van der Waals surface area contributed by atoms with E-state index in [2.05, 4.69) is 55.0 Å². The van der Waals surface area contributed by atoms with E-state index in [-0.39, 0.29) is 0 Å². The molecule has 3 heterocycles. The van der Waals surface area contributed by atoms with Crippen LogP contribution in [-0.2, 0) is 5.75 Å². The Morgan fingerprint density at radius 3 is 2.70 bits per heavy atom. The first-order chi connectivity index (χ1) is 13.3. The molecule has 0 atom stereocenters. The van der Waals surface area contributed by atoms with Crippen LogP contribution in [-0.4, -0.2) is 26.1 Å². The summed E-state index contributed by atoms with van der Waals surface area (Å²) in [5.41, 5.74) is 2.06. The van der Waals surface area contributed by atoms with Gasteiger partial charge < -0.3 is 4.42 Å². The summed E-state index contributed by atoms with van der Waals surface area (Å²) in [6.07, 6.45) is 5.14. The number of halogens is 1. The van der Waals surface area contributed by atoms with Crippen molar-refractivity contribution in [3.8, 4) is 11.4 Å². The van der Waals surface area contributed by atoms with E-state index >= 15 is 0 Å². The molecular weight excluding hydrogens is 473 g/mol. The maximum atomic E-state index is 5.56. The number of benzene rings is 1. The lowest BCUT2D eigenvalue weighted by atomic mass is 10.2. The van der Waals surface area contributed by atoms with E-state index in [0.717, 1.165) is 15.1 Å². The summed E-state index contributed by atoms with van der Waals surface area (Å²) in [6, 6.07) is 17.8. The highest BCUT2D eigenvalue weighted by atomic mass is 127. The lowest BCUT2D eigenvalue weighted by Crippen LogP contribution is -1.97. The fraction of sp³-hybridized carbons (Fsp3) is 0.0526. The maximum absolute atomic E-state index is 5.56. The number of pyridine rings is 1. The molecule has 0 N–H and O–H groups in total. The minimum atomic E-state index is 0.635. The van der Waals surface area contributed by atoms with Gasteiger partial charge in [0.05, 0.1) is 6.21 Å². The average molecular weight is 487 g/mol. The number of hydrogen-bond donors (Lipinski definition) is 0. The first-order valence-corrected chi connectivity index (χ1v) is 10.2. The largest absolute Gasteiger partial charge is 0.449 e. The monoisotopic (exact) mass is 487 g/mol. The summed E-state index contributed by atoms with van der Waals surface area (Å²) in [5.74, 6) is 2.08. The zero-order chi connectivity index (χ0) is 18.5. The number of hydrogen-bond acceptors (Lipinski definition) is 6. The van der Waals surface area contributed by atoms with E-state index in [0.29, 0.717) is 16.7 Å². The van der Waals surface area contributed by atoms with Crippen LogP contribution >= 0.6 is 34.4 Å². The molecule has 3 aromatic heterocycles. The molecule has 0 aliphatic carbocycles. The van der Waals surface area contributed by atoms with Gasteiger partial charge in [-0.15, -0.1) is 10.2 Å². The van der Waals surface area contributed by atoms with Gasteiger partial charge in [0.1, 0.15) is 5.76 Å². The summed E-state index contributed by atoms with van der Waals surface area (Å²) in [7, 11) is 0. The van der Waals surface area contributed by atoms with Crippen molar-refractivity contribution in [3.05, 3.63) is 82.1 Å². The van der Waals surface area contributed by atoms with Gasteiger partial charge in [-0.2, -0.15) is 9.78 Å². The second-order valence-electron chi connectivity index (χ2n) is 5.52. The minimum absolute atomic E-state index is 0.635. The van der Waals surface area contributed by atoms with Crippen molar-refractivity contribution in [2.45, 2.75) is 10.9 Å². The molecule has 0 bridgehead atoms. The van der Waals surface area contributed by atoms with Crippen molar-refractivity contribution >= 4 is 40.6 Å². The van der Waals surface area contributed by atoms with Crippen LogP contribution in [0.15, 0.2) is 81.7 Å². The predicted octanol–water partition coefficient (Wildman–Crippen LogP) is 4.71. The Morgan fingerprint density at radius 2 is 1.96 bits per heavy atom. The van der Waals surface area contributed by atoms with Gasteiger partial charge in [-0.3, -0.25) is 4.98 Å². The molecule has 0 fully saturated rings. The molecule has 134 valence electrons. The van der Waals surface area contributed by atoms with Gasteiger partial charge in [0.15, 0.2) is 9.59 Å². The van der Waals surface area contributed by atoms with E-state index in [1.807, 2.05) is 42.5 Å². The minimum Gasteiger partial charge on any atom is -0.449 e. The summed E-state index contributed by atoms with van der Waals surface area (Å²) >= 11 is 3.70. The molecule has 4 aromatic rings. The summed E-state index contributed by atoms with van der Waals surface area (Å²) in [5, 5.41) is 13.9. The topological polar surface area (TPSA) is 69.1 Å².